The molecule has 1 amide bonds. The van der Waals surface area contributed by atoms with Gasteiger partial charge in [0.2, 0.25) is 0 Å². The van der Waals surface area contributed by atoms with Crippen molar-refractivity contribution in [2.45, 2.75) is 46.1 Å². The highest BCUT2D eigenvalue weighted by Gasteiger charge is 2.33. The van der Waals surface area contributed by atoms with Gasteiger partial charge < -0.3 is 15.2 Å². The average molecular weight is 243 g/mol. The summed E-state index contributed by atoms with van der Waals surface area (Å²) in [6, 6.07) is 0. The van der Waals surface area contributed by atoms with Gasteiger partial charge in [-0.1, -0.05) is 20.8 Å². The van der Waals surface area contributed by atoms with Gasteiger partial charge in [0, 0.05) is 0 Å². The number of amides is 1. The van der Waals surface area contributed by atoms with Crippen molar-refractivity contribution in [3.8, 4) is 0 Å². The molecule has 0 heterocycles. The number of aliphatic carboxylic acids is 1. The zero-order chi connectivity index (χ0) is 13.1. The second-order valence-electron chi connectivity index (χ2n) is 5.69. The molecule has 17 heavy (non-hydrogen) atoms. The monoisotopic (exact) mass is 243 g/mol. The molecule has 5 heteroatoms. The first-order chi connectivity index (χ1) is 7.78. The van der Waals surface area contributed by atoms with Crippen molar-refractivity contribution in [1.29, 1.82) is 0 Å². The molecule has 1 aliphatic carbocycles. The Bertz CT molecular complexity index is 301. The number of carboxylic acid groups (broad SMARTS) is 1. The molecule has 5 nitrogen and oxygen atoms in total. The predicted octanol–water partition coefficient (Wildman–Crippen LogP) is 2.01. The maximum Gasteiger partial charge on any atom is 0.407 e. The minimum absolute atomic E-state index is 0.109. The van der Waals surface area contributed by atoms with Gasteiger partial charge in [-0.2, -0.15) is 0 Å². The number of carbonyl (C=O) groups excluding carboxylic acids is 1. The van der Waals surface area contributed by atoms with Crippen LogP contribution in [-0.4, -0.2) is 29.8 Å². The van der Waals surface area contributed by atoms with E-state index in [1.165, 1.54) is 0 Å². The fraction of sp³-hybridized carbons (Fsp3) is 0.833. The average Bonchev–Trinajstić information content (AvgIpc) is 2.11. The number of rotatable bonds is 3. The third-order valence-electron chi connectivity index (χ3n) is 3.00. The van der Waals surface area contributed by atoms with Gasteiger partial charge in [-0.3, -0.25) is 4.79 Å². The Labute approximate surface area is 102 Å². The second kappa shape index (κ2) is 5.38. The van der Waals surface area contributed by atoms with Crippen LogP contribution in [-0.2, 0) is 9.53 Å². The number of carbonyl (C=O) groups is 2. The first-order valence-corrected chi connectivity index (χ1v) is 5.95. The summed E-state index contributed by atoms with van der Waals surface area (Å²) in [5.74, 6) is -0.546. The van der Waals surface area contributed by atoms with Crippen LogP contribution >= 0.6 is 0 Å². The maximum absolute atomic E-state index is 11.3. The molecule has 0 spiro atoms. The third-order valence-corrected chi connectivity index (χ3v) is 3.00. The summed E-state index contributed by atoms with van der Waals surface area (Å²) < 4.78 is 5.23. The Morgan fingerprint density at radius 3 is 2.59 bits per heavy atom. The van der Waals surface area contributed by atoms with Crippen molar-refractivity contribution < 1.29 is 19.4 Å². The van der Waals surface area contributed by atoms with Gasteiger partial charge >= 0.3 is 12.1 Å². The van der Waals surface area contributed by atoms with Crippen molar-refractivity contribution in [1.82, 2.24) is 5.32 Å². The maximum atomic E-state index is 11.3. The van der Waals surface area contributed by atoms with Gasteiger partial charge in [0.05, 0.1) is 0 Å². The van der Waals surface area contributed by atoms with Crippen LogP contribution in [0.1, 0.15) is 40.0 Å². The fourth-order valence-corrected chi connectivity index (χ4v) is 2.69. The van der Waals surface area contributed by atoms with E-state index in [2.05, 4.69) is 26.1 Å². The Hall–Kier alpha value is -1.26. The lowest BCUT2D eigenvalue weighted by molar-refractivity contribution is -0.135. The summed E-state index contributed by atoms with van der Waals surface area (Å²) in [5, 5.41) is 10.6. The molecule has 0 saturated heterocycles. The van der Waals surface area contributed by atoms with Gasteiger partial charge in [0.15, 0.2) is 0 Å². The van der Waals surface area contributed by atoms with Crippen molar-refractivity contribution in [2.24, 2.45) is 11.3 Å². The van der Waals surface area contributed by atoms with Gasteiger partial charge in [-0.25, -0.2) is 4.79 Å². The molecule has 0 radical (unpaired) electrons. The minimum atomic E-state index is -1.07. The normalized spacial score (nSPS) is 27.2. The summed E-state index contributed by atoms with van der Waals surface area (Å²) in [6.45, 7) is 6.07. The molecule has 1 aliphatic rings. The molecule has 2 atom stereocenters. The smallest absolute Gasteiger partial charge is 0.407 e. The van der Waals surface area contributed by atoms with E-state index in [9.17, 15) is 9.59 Å². The van der Waals surface area contributed by atoms with Gasteiger partial charge in [-0.05, 0) is 30.6 Å². The molecular formula is C12H21NO4. The van der Waals surface area contributed by atoms with Crippen molar-refractivity contribution in [3.05, 3.63) is 0 Å². The summed E-state index contributed by atoms with van der Waals surface area (Å²) in [6.07, 6.45) is 2.07. The Balaban J connectivity index is 2.40. The minimum Gasteiger partial charge on any atom is -0.480 e. The van der Waals surface area contributed by atoms with E-state index in [0.717, 1.165) is 19.3 Å². The van der Waals surface area contributed by atoms with Crippen LogP contribution in [0.25, 0.3) is 0 Å². The van der Waals surface area contributed by atoms with Crippen LogP contribution < -0.4 is 5.32 Å². The van der Waals surface area contributed by atoms with Gasteiger partial charge in [0.1, 0.15) is 12.6 Å². The number of nitrogens with one attached hydrogen (secondary N) is 1. The van der Waals surface area contributed by atoms with Crippen LogP contribution in [0.5, 0.6) is 0 Å². The molecule has 0 aromatic rings. The van der Waals surface area contributed by atoms with Crippen LogP contribution in [0, 0.1) is 11.3 Å². The molecule has 1 fully saturated rings. The number of carboxylic acids is 1. The fourth-order valence-electron chi connectivity index (χ4n) is 2.69. The van der Waals surface area contributed by atoms with Crippen molar-refractivity contribution >= 4 is 12.1 Å². The van der Waals surface area contributed by atoms with Crippen LogP contribution in [0.4, 0.5) is 4.79 Å². The lowest BCUT2D eigenvalue weighted by atomic mass is 9.71. The van der Waals surface area contributed by atoms with Crippen LogP contribution in [0.15, 0.2) is 0 Å². The zero-order valence-corrected chi connectivity index (χ0v) is 10.7. The lowest BCUT2D eigenvalue weighted by Gasteiger charge is -2.38. The summed E-state index contributed by atoms with van der Waals surface area (Å²) in [5.41, 5.74) is 0.176. The molecular weight excluding hydrogens is 222 g/mol. The number of ether oxygens (including phenoxy) is 1. The van der Waals surface area contributed by atoms with Gasteiger partial charge in [0.25, 0.3) is 0 Å². The Morgan fingerprint density at radius 1 is 1.41 bits per heavy atom. The molecule has 0 bridgehead atoms. The molecule has 98 valence electrons. The van der Waals surface area contributed by atoms with Gasteiger partial charge in [-0.15, -0.1) is 0 Å². The molecule has 0 aromatic carbocycles. The van der Waals surface area contributed by atoms with E-state index in [4.69, 9.17) is 9.84 Å². The van der Waals surface area contributed by atoms with Crippen molar-refractivity contribution in [2.75, 3.05) is 6.54 Å². The predicted molar refractivity (Wildman–Crippen MR) is 62.7 cm³/mol. The van der Waals surface area contributed by atoms with E-state index in [-0.39, 0.29) is 11.5 Å². The first kappa shape index (κ1) is 13.8. The molecule has 2 unspecified atom stereocenters. The SMILES string of the molecule is CC1CC(OC(=O)NCC(=O)O)CC(C)(C)C1. The molecule has 1 saturated carbocycles. The van der Waals surface area contributed by atoms with Crippen LogP contribution in [0.3, 0.4) is 0 Å². The summed E-state index contributed by atoms with van der Waals surface area (Å²) in [4.78, 5) is 21.6. The molecule has 2 N–H and O–H groups in total. The number of hydrogen-bond donors (Lipinski definition) is 2. The highest BCUT2D eigenvalue weighted by atomic mass is 16.6. The number of alkyl carbamates (subject to hydrolysis) is 1. The zero-order valence-electron chi connectivity index (χ0n) is 10.7. The van der Waals surface area contributed by atoms with E-state index in [1.54, 1.807) is 0 Å². The highest BCUT2D eigenvalue weighted by molar-refractivity contribution is 5.76. The topological polar surface area (TPSA) is 75.6 Å². The third kappa shape index (κ3) is 5.06. The number of hydrogen-bond acceptors (Lipinski definition) is 3. The van der Waals surface area contributed by atoms with E-state index >= 15 is 0 Å². The van der Waals surface area contributed by atoms with E-state index in [0.29, 0.717) is 5.92 Å². The largest absolute Gasteiger partial charge is 0.480 e. The standard InChI is InChI=1S/C12H21NO4/c1-8-4-9(6-12(2,3)5-8)17-11(16)13-7-10(14)15/h8-9H,4-7H2,1-3H3,(H,13,16)(H,14,15). The highest BCUT2D eigenvalue weighted by Crippen LogP contribution is 2.39. The van der Waals surface area contributed by atoms with E-state index < -0.39 is 18.6 Å². The molecule has 0 aliphatic heterocycles. The molecule has 1 rings (SSSR count). The lowest BCUT2D eigenvalue weighted by Crippen LogP contribution is -2.38. The first-order valence-electron chi connectivity index (χ1n) is 5.95. The van der Waals surface area contributed by atoms with Crippen LogP contribution in [0.2, 0.25) is 0 Å². The molecule has 0 aromatic heterocycles. The Morgan fingerprint density at radius 2 is 2.06 bits per heavy atom. The Kier molecular flexibility index (Phi) is 4.37. The van der Waals surface area contributed by atoms with Crippen molar-refractivity contribution in [3.63, 3.8) is 0 Å². The summed E-state index contributed by atoms with van der Waals surface area (Å²) in [7, 11) is 0. The second-order valence-corrected chi connectivity index (χ2v) is 5.69. The van der Waals surface area contributed by atoms with E-state index in [1.807, 2.05) is 0 Å². The quantitative estimate of drug-likeness (QED) is 0.795. The summed E-state index contributed by atoms with van der Waals surface area (Å²) >= 11 is 0.